The van der Waals surface area contributed by atoms with Crippen molar-refractivity contribution in [2.45, 2.75) is 95.2 Å². The summed E-state index contributed by atoms with van der Waals surface area (Å²) in [4.78, 5) is 10.1. The molecule has 1 aliphatic heterocycles. The van der Waals surface area contributed by atoms with Gasteiger partial charge in [-0.25, -0.2) is 0 Å². The minimum absolute atomic E-state index is 0.269. The zero-order valence-corrected chi connectivity index (χ0v) is 13.3. The summed E-state index contributed by atoms with van der Waals surface area (Å²) >= 11 is 0. The Kier molecular flexibility index (Phi) is 7.51. The first-order chi connectivity index (χ1) is 10.3. The van der Waals surface area contributed by atoms with E-state index in [1.165, 1.54) is 64.2 Å². The van der Waals surface area contributed by atoms with Gasteiger partial charge in [-0.1, -0.05) is 38.5 Å². The maximum Gasteiger partial charge on any atom is 0.320 e. The molecule has 2 aliphatic carbocycles. The van der Waals surface area contributed by atoms with E-state index in [0.29, 0.717) is 0 Å². The third-order valence-corrected chi connectivity index (χ3v) is 5.04. The van der Waals surface area contributed by atoms with Crippen LogP contribution in [0.5, 0.6) is 0 Å². The Labute approximate surface area is 129 Å². The molecule has 3 aliphatic rings. The van der Waals surface area contributed by atoms with E-state index in [4.69, 9.17) is 5.11 Å². The van der Waals surface area contributed by atoms with Crippen LogP contribution in [0.2, 0.25) is 0 Å². The molecule has 1 unspecified atom stereocenters. The molecule has 0 aromatic carbocycles. The van der Waals surface area contributed by atoms with Crippen molar-refractivity contribution in [3.8, 4) is 0 Å². The second-order valence-electron chi connectivity index (χ2n) is 6.82. The molecule has 3 N–H and O–H groups in total. The van der Waals surface area contributed by atoms with Crippen molar-refractivity contribution >= 4 is 5.97 Å². The highest BCUT2D eigenvalue weighted by Gasteiger charge is 2.20. The van der Waals surface area contributed by atoms with Gasteiger partial charge in [0.2, 0.25) is 0 Å². The van der Waals surface area contributed by atoms with Crippen molar-refractivity contribution < 1.29 is 9.90 Å². The van der Waals surface area contributed by atoms with Crippen molar-refractivity contribution in [3.05, 3.63) is 0 Å². The molecule has 4 nitrogen and oxygen atoms in total. The smallest absolute Gasteiger partial charge is 0.320 e. The van der Waals surface area contributed by atoms with Crippen LogP contribution in [0.25, 0.3) is 0 Å². The minimum Gasteiger partial charge on any atom is -0.480 e. The van der Waals surface area contributed by atoms with E-state index in [0.717, 1.165) is 31.5 Å². The molecule has 1 heterocycles. The number of aliphatic carboxylic acids is 1. The Hall–Kier alpha value is -0.610. The SMILES string of the molecule is C1CCC(NC2CCCCC2)CC1.O=C(O)C1CCCN1. The molecular formula is C17H32N2O2. The number of rotatable bonds is 3. The monoisotopic (exact) mass is 296 g/mol. The average Bonchev–Trinajstić information content (AvgIpc) is 3.05. The maximum atomic E-state index is 10.1. The van der Waals surface area contributed by atoms with Gasteiger partial charge in [-0.2, -0.15) is 0 Å². The molecule has 0 radical (unpaired) electrons. The van der Waals surface area contributed by atoms with Crippen LogP contribution in [0.15, 0.2) is 0 Å². The van der Waals surface area contributed by atoms with E-state index >= 15 is 0 Å². The lowest BCUT2D eigenvalue weighted by Gasteiger charge is -2.30. The summed E-state index contributed by atoms with van der Waals surface area (Å²) in [5.41, 5.74) is 0. The van der Waals surface area contributed by atoms with Gasteiger partial charge in [0.1, 0.15) is 6.04 Å². The molecule has 122 valence electrons. The summed E-state index contributed by atoms with van der Waals surface area (Å²) in [6.45, 7) is 0.858. The molecule has 3 fully saturated rings. The first-order valence-electron chi connectivity index (χ1n) is 8.98. The normalized spacial score (nSPS) is 27.9. The number of carboxylic acid groups (broad SMARTS) is 1. The number of hydrogen-bond acceptors (Lipinski definition) is 3. The lowest BCUT2D eigenvalue weighted by atomic mass is 9.91. The van der Waals surface area contributed by atoms with Crippen molar-refractivity contribution in [2.75, 3.05) is 6.54 Å². The van der Waals surface area contributed by atoms with E-state index in [1.807, 2.05) is 0 Å². The number of carboxylic acids is 1. The first-order valence-corrected chi connectivity index (χ1v) is 8.98. The summed E-state index contributed by atoms with van der Waals surface area (Å²) in [5.74, 6) is -0.720. The van der Waals surface area contributed by atoms with Gasteiger partial charge >= 0.3 is 5.97 Å². The molecule has 0 aromatic rings. The molecule has 0 aromatic heterocycles. The van der Waals surface area contributed by atoms with Gasteiger partial charge in [-0.3, -0.25) is 4.79 Å². The predicted octanol–water partition coefficient (Wildman–Crippen LogP) is 3.06. The first kappa shape index (κ1) is 16.8. The highest BCUT2D eigenvalue weighted by molar-refractivity contribution is 5.73. The average molecular weight is 296 g/mol. The third-order valence-electron chi connectivity index (χ3n) is 5.04. The van der Waals surface area contributed by atoms with Crippen LogP contribution < -0.4 is 10.6 Å². The van der Waals surface area contributed by atoms with Crippen LogP contribution in [0.4, 0.5) is 0 Å². The van der Waals surface area contributed by atoms with Gasteiger partial charge in [-0.05, 0) is 45.1 Å². The Morgan fingerprint density at radius 3 is 1.67 bits per heavy atom. The molecule has 1 saturated heterocycles. The summed E-state index contributed by atoms with van der Waals surface area (Å²) in [7, 11) is 0. The van der Waals surface area contributed by atoms with Crippen LogP contribution in [0, 0.1) is 0 Å². The lowest BCUT2D eigenvalue weighted by molar-refractivity contribution is -0.139. The van der Waals surface area contributed by atoms with Gasteiger partial charge in [0.15, 0.2) is 0 Å². The van der Waals surface area contributed by atoms with Gasteiger partial charge in [0.25, 0.3) is 0 Å². The van der Waals surface area contributed by atoms with E-state index in [-0.39, 0.29) is 6.04 Å². The van der Waals surface area contributed by atoms with E-state index in [2.05, 4.69) is 10.6 Å². The Bertz CT molecular complexity index is 275. The topological polar surface area (TPSA) is 61.4 Å². The molecule has 0 spiro atoms. The number of nitrogens with one attached hydrogen (secondary N) is 2. The van der Waals surface area contributed by atoms with Crippen molar-refractivity contribution in [1.82, 2.24) is 10.6 Å². The van der Waals surface area contributed by atoms with Crippen molar-refractivity contribution in [3.63, 3.8) is 0 Å². The van der Waals surface area contributed by atoms with Crippen LogP contribution in [0.1, 0.15) is 77.0 Å². The van der Waals surface area contributed by atoms with Gasteiger partial charge in [0.05, 0.1) is 0 Å². The van der Waals surface area contributed by atoms with Crippen LogP contribution in [-0.2, 0) is 4.79 Å². The second kappa shape index (κ2) is 9.42. The van der Waals surface area contributed by atoms with E-state index in [1.54, 1.807) is 0 Å². The summed E-state index contributed by atoms with van der Waals surface area (Å²) in [5, 5.41) is 15.1. The molecular weight excluding hydrogens is 264 g/mol. The summed E-state index contributed by atoms with van der Waals surface area (Å²) in [6.07, 6.45) is 16.3. The fourth-order valence-corrected chi connectivity index (χ4v) is 3.77. The zero-order chi connectivity index (χ0) is 14.9. The van der Waals surface area contributed by atoms with E-state index < -0.39 is 5.97 Å². The quantitative estimate of drug-likeness (QED) is 0.749. The standard InChI is InChI=1S/C12H23N.C5H9NO2/c1-3-7-11(8-4-1)13-12-9-5-2-6-10-12;7-5(8)4-2-1-3-6-4/h11-13H,1-10H2;4,6H,1-3H2,(H,7,8). The second-order valence-corrected chi connectivity index (χ2v) is 6.82. The van der Waals surface area contributed by atoms with Crippen LogP contribution in [0.3, 0.4) is 0 Å². The molecule has 2 saturated carbocycles. The molecule has 21 heavy (non-hydrogen) atoms. The zero-order valence-electron chi connectivity index (χ0n) is 13.3. The Balaban J connectivity index is 0.000000173. The lowest BCUT2D eigenvalue weighted by Crippen LogP contribution is -2.40. The Morgan fingerprint density at radius 2 is 1.33 bits per heavy atom. The molecule has 4 heteroatoms. The highest BCUT2D eigenvalue weighted by Crippen LogP contribution is 2.22. The molecule has 0 bridgehead atoms. The predicted molar refractivity (Wildman–Crippen MR) is 85.5 cm³/mol. The highest BCUT2D eigenvalue weighted by atomic mass is 16.4. The maximum absolute atomic E-state index is 10.1. The van der Waals surface area contributed by atoms with Gasteiger partial charge in [0, 0.05) is 12.1 Å². The Morgan fingerprint density at radius 1 is 0.810 bits per heavy atom. The summed E-state index contributed by atoms with van der Waals surface area (Å²) < 4.78 is 0. The fourth-order valence-electron chi connectivity index (χ4n) is 3.77. The third kappa shape index (κ3) is 6.35. The number of carbonyl (C=O) groups is 1. The molecule has 0 amide bonds. The van der Waals surface area contributed by atoms with E-state index in [9.17, 15) is 4.79 Å². The van der Waals surface area contributed by atoms with Crippen molar-refractivity contribution in [2.24, 2.45) is 0 Å². The largest absolute Gasteiger partial charge is 0.480 e. The fraction of sp³-hybridized carbons (Fsp3) is 0.941. The van der Waals surface area contributed by atoms with Crippen LogP contribution in [-0.4, -0.2) is 35.7 Å². The van der Waals surface area contributed by atoms with Crippen LogP contribution >= 0.6 is 0 Å². The molecule has 3 rings (SSSR count). The van der Waals surface area contributed by atoms with Crippen molar-refractivity contribution in [1.29, 1.82) is 0 Å². The number of hydrogen-bond donors (Lipinski definition) is 3. The minimum atomic E-state index is -0.720. The summed E-state index contributed by atoms with van der Waals surface area (Å²) in [6, 6.07) is 1.48. The molecule has 1 atom stereocenters. The van der Waals surface area contributed by atoms with Gasteiger partial charge in [-0.15, -0.1) is 0 Å². The van der Waals surface area contributed by atoms with Gasteiger partial charge < -0.3 is 15.7 Å².